The maximum atomic E-state index is 12.3. The second kappa shape index (κ2) is 8.77. The Morgan fingerprint density at radius 1 is 1.13 bits per heavy atom. The fourth-order valence-corrected chi connectivity index (χ4v) is 3.66. The van der Waals surface area contributed by atoms with Crippen molar-refractivity contribution in [1.29, 1.82) is 0 Å². The molecule has 30 heavy (non-hydrogen) atoms. The van der Waals surface area contributed by atoms with Crippen molar-refractivity contribution >= 4 is 6.21 Å². The smallest absolute Gasteiger partial charge is 0.331 e. The number of hydrogen-bond acceptors (Lipinski definition) is 6. The number of pyridine rings is 1. The molecule has 0 bridgehead atoms. The summed E-state index contributed by atoms with van der Waals surface area (Å²) in [5.41, 5.74) is 0.369. The van der Waals surface area contributed by atoms with Crippen LogP contribution in [-0.2, 0) is 6.54 Å². The monoisotopic (exact) mass is 405 g/mol. The van der Waals surface area contributed by atoms with E-state index in [0.29, 0.717) is 0 Å². The summed E-state index contributed by atoms with van der Waals surface area (Å²) >= 11 is 0. The van der Waals surface area contributed by atoms with Gasteiger partial charge in [0.25, 0.3) is 5.56 Å². The van der Waals surface area contributed by atoms with Gasteiger partial charge in [-0.2, -0.15) is 5.10 Å². The average molecular weight is 405 g/mol. The van der Waals surface area contributed by atoms with Gasteiger partial charge in [-0.1, -0.05) is 36.4 Å². The predicted octanol–water partition coefficient (Wildman–Crippen LogP) is 2.25. The number of hydrazone groups is 1. The molecule has 1 atom stereocenters. The van der Waals surface area contributed by atoms with Crippen molar-refractivity contribution < 1.29 is 5.11 Å². The minimum Gasteiger partial charge on any atom is -0.494 e. The van der Waals surface area contributed by atoms with E-state index in [2.05, 4.69) is 15.1 Å². The Morgan fingerprint density at radius 2 is 1.93 bits per heavy atom. The largest absolute Gasteiger partial charge is 0.494 e. The zero-order valence-corrected chi connectivity index (χ0v) is 16.4. The molecule has 0 radical (unpaired) electrons. The highest BCUT2D eigenvalue weighted by molar-refractivity contribution is 5.81. The van der Waals surface area contributed by atoms with Gasteiger partial charge in [0, 0.05) is 12.7 Å². The number of piperidine rings is 1. The van der Waals surface area contributed by atoms with Crippen LogP contribution in [-0.4, -0.2) is 37.4 Å². The summed E-state index contributed by atoms with van der Waals surface area (Å²) in [6, 6.07) is 15.0. The SMILES string of the molecule is O=c1[nH]c(=O)n(Cc2ccccc2)c(O)c1C=NN1CCCC[C@H]1c1ccccn1. The van der Waals surface area contributed by atoms with E-state index in [0.717, 1.165) is 41.6 Å². The molecule has 1 saturated heterocycles. The Labute approximate surface area is 173 Å². The molecule has 8 heteroatoms. The molecule has 2 N–H and O–H groups in total. The first-order valence-corrected chi connectivity index (χ1v) is 9.95. The van der Waals surface area contributed by atoms with E-state index < -0.39 is 17.1 Å². The maximum absolute atomic E-state index is 12.3. The van der Waals surface area contributed by atoms with E-state index in [1.54, 1.807) is 6.20 Å². The molecule has 1 aliphatic rings. The summed E-state index contributed by atoms with van der Waals surface area (Å²) in [5, 5.41) is 17.0. The lowest BCUT2D eigenvalue weighted by Gasteiger charge is -2.32. The van der Waals surface area contributed by atoms with Crippen LogP contribution in [0, 0.1) is 0 Å². The van der Waals surface area contributed by atoms with Crippen molar-refractivity contribution in [1.82, 2.24) is 19.5 Å². The van der Waals surface area contributed by atoms with Crippen LogP contribution in [0.15, 0.2) is 69.4 Å². The Bertz CT molecular complexity index is 1140. The van der Waals surface area contributed by atoms with Gasteiger partial charge in [0.1, 0.15) is 5.56 Å². The molecule has 3 aromatic rings. The second-order valence-electron chi connectivity index (χ2n) is 7.24. The molecule has 154 valence electrons. The van der Waals surface area contributed by atoms with E-state index in [-0.39, 0.29) is 18.2 Å². The van der Waals surface area contributed by atoms with Crippen molar-refractivity contribution in [2.45, 2.75) is 31.8 Å². The molecular formula is C22H23N5O3. The van der Waals surface area contributed by atoms with Crippen molar-refractivity contribution in [2.75, 3.05) is 6.54 Å². The summed E-state index contributed by atoms with van der Waals surface area (Å²) in [7, 11) is 0. The second-order valence-corrected chi connectivity index (χ2v) is 7.24. The number of nitrogens with zero attached hydrogens (tertiary/aromatic N) is 4. The Morgan fingerprint density at radius 3 is 2.70 bits per heavy atom. The van der Waals surface area contributed by atoms with Gasteiger partial charge < -0.3 is 5.11 Å². The van der Waals surface area contributed by atoms with Gasteiger partial charge in [0.2, 0.25) is 5.88 Å². The molecule has 0 unspecified atom stereocenters. The van der Waals surface area contributed by atoms with Gasteiger partial charge in [-0.3, -0.25) is 24.3 Å². The molecular weight excluding hydrogens is 382 g/mol. The average Bonchev–Trinajstić information content (AvgIpc) is 2.78. The van der Waals surface area contributed by atoms with Gasteiger partial charge in [0.05, 0.1) is 24.5 Å². The summed E-state index contributed by atoms with van der Waals surface area (Å²) in [4.78, 5) is 31.3. The molecule has 1 aliphatic heterocycles. The van der Waals surface area contributed by atoms with Gasteiger partial charge in [-0.05, 0) is 37.0 Å². The van der Waals surface area contributed by atoms with Crippen molar-refractivity contribution in [3.8, 4) is 5.88 Å². The highest BCUT2D eigenvalue weighted by Crippen LogP contribution is 2.29. The number of nitrogens with one attached hydrogen (secondary N) is 1. The topological polar surface area (TPSA) is 104 Å². The Balaban J connectivity index is 1.65. The molecule has 0 spiro atoms. The van der Waals surface area contributed by atoms with Gasteiger partial charge in [0.15, 0.2) is 0 Å². The van der Waals surface area contributed by atoms with Crippen LogP contribution < -0.4 is 11.2 Å². The van der Waals surface area contributed by atoms with Crippen LogP contribution in [0.5, 0.6) is 5.88 Å². The van der Waals surface area contributed by atoms with Gasteiger partial charge in [-0.15, -0.1) is 0 Å². The minimum absolute atomic E-state index is 0.00708. The molecule has 8 nitrogen and oxygen atoms in total. The highest BCUT2D eigenvalue weighted by atomic mass is 16.3. The number of aromatic nitrogens is 3. The zero-order valence-electron chi connectivity index (χ0n) is 16.4. The van der Waals surface area contributed by atoms with E-state index >= 15 is 0 Å². The predicted molar refractivity (Wildman–Crippen MR) is 114 cm³/mol. The number of hydrogen-bond donors (Lipinski definition) is 2. The van der Waals surface area contributed by atoms with Crippen LogP contribution in [0.25, 0.3) is 0 Å². The Kier molecular flexibility index (Phi) is 5.74. The van der Waals surface area contributed by atoms with E-state index in [1.807, 2.05) is 53.5 Å². The molecule has 0 saturated carbocycles. The fraction of sp³-hybridized carbons (Fsp3) is 0.273. The number of benzene rings is 1. The van der Waals surface area contributed by atoms with Crippen LogP contribution in [0.2, 0.25) is 0 Å². The zero-order chi connectivity index (χ0) is 20.9. The van der Waals surface area contributed by atoms with Gasteiger partial charge in [-0.25, -0.2) is 4.79 Å². The van der Waals surface area contributed by atoms with Crippen LogP contribution in [0.4, 0.5) is 0 Å². The molecule has 3 heterocycles. The third-order valence-corrected chi connectivity index (χ3v) is 5.23. The molecule has 2 aromatic heterocycles. The first kappa shape index (κ1) is 19.6. The maximum Gasteiger partial charge on any atom is 0.331 e. The van der Waals surface area contributed by atoms with Crippen molar-refractivity contribution in [2.24, 2.45) is 5.10 Å². The summed E-state index contributed by atoms with van der Waals surface area (Å²) in [6.45, 7) is 0.865. The lowest BCUT2D eigenvalue weighted by atomic mass is 10.0. The first-order chi connectivity index (χ1) is 14.6. The van der Waals surface area contributed by atoms with Crippen LogP contribution >= 0.6 is 0 Å². The molecule has 0 aliphatic carbocycles. The van der Waals surface area contributed by atoms with Crippen LogP contribution in [0.1, 0.15) is 42.1 Å². The molecule has 4 rings (SSSR count). The third-order valence-electron chi connectivity index (χ3n) is 5.23. The number of rotatable bonds is 5. The molecule has 0 amide bonds. The summed E-state index contributed by atoms with van der Waals surface area (Å²) in [6.07, 6.45) is 6.04. The number of H-pyrrole nitrogens is 1. The fourth-order valence-electron chi connectivity index (χ4n) is 3.66. The summed E-state index contributed by atoms with van der Waals surface area (Å²) in [5.74, 6) is -0.400. The van der Waals surface area contributed by atoms with Crippen molar-refractivity contribution in [3.05, 3.63) is 92.4 Å². The standard InChI is InChI=1S/C22H23N5O3/c28-20-17(21(29)26(22(30)25-20)15-16-8-2-1-3-9-16)14-24-27-13-7-5-11-19(27)18-10-4-6-12-23-18/h1-4,6,8-10,12,14,19,29H,5,7,11,13,15H2,(H,25,28,30)/t19-/m0/s1. The Hall–Kier alpha value is -3.68. The lowest BCUT2D eigenvalue weighted by molar-refractivity contribution is 0.153. The van der Waals surface area contributed by atoms with E-state index in [9.17, 15) is 14.7 Å². The third kappa shape index (κ3) is 4.17. The summed E-state index contributed by atoms with van der Waals surface area (Å²) < 4.78 is 1.13. The van der Waals surface area contributed by atoms with Crippen LogP contribution in [0.3, 0.4) is 0 Å². The first-order valence-electron chi connectivity index (χ1n) is 9.95. The number of aromatic amines is 1. The lowest BCUT2D eigenvalue weighted by Crippen LogP contribution is -2.33. The molecule has 1 fully saturated rings. The minimum atomic E-state index is -0.669. The van der Waals surface area contributed by atoms with E-state index in [4.69, 9.17) is 0 Å². The van der Waals surface area contributed by atoms with Crippen molar-refractivity contribution in [3.63, 3.8) is 0 Å². The molecule has 1 aromatic carbocycles. The normalized spacial score (nSPS) is 16.8. The quantitative estimate of drug-likeness (QED) is 0.634. The van der Waals surface area contributed by atoms with E-state index in [1.165, 1.54) is 6.21 Å². The van der Waals surface area contributed by atoms with Gasteiger partial charge >= 0.3 is 5.69 Å². The highest BCUT2D eigenvalue weighted by Gasteiger charge is 2.24. The number of aromatic hydroxyl groups is 1.